The third kappa shape index (κ3) is 4.40. The van der Waals surface area contributed by atoms with E-state index in [0.717, 1.165) is 10.0 Å². The number of hydrogen-bond acceptors (Lipinski definition) is 6. The second-order valence-corrected chi connectivity index (χ2v) is 8.14. The van der Waals surface area contributed by atoms with Crippen molar-refractivity contribution in [3.05, 3.63) is 63.0 Å². The number of esters is 1. The highest BCUT2D eigenvalue weighted by Crippen LogP contribution is 2.34. The van der Waals surface area contributed by atoms with Crippen molar-refractivity contribution >= 4 is 62.2 Å². The lowest BCUT2D eigenvalue weighted by molar-refractivity contribution is -0.121. The van der Waals surface area contributed by atoms with Gasteiger partial charge in [-0.05, 0) is 42.0 Å². The van der Waals surface area contributed by atoms with Gasteiger partial charge in [0.2, 0.25) is 0 Å². The molecule has 3 rings (SSSR count). The molecule has 1 aliphatic heterocycles. The van der Waals surface area contributed by atoms with Crippen molar-refractivity contribution in [2.24, 2.45) is 0 Å². The van der Waals surface area contributed by atoms with Gasteiger partial charge in [-0.2, -0.15) is 0 Å². The van der Waals surface area contributed by atoms with Crippen molar-refractivity contribution in [1.82, 2.24) is 4.90 Å². The smallest absolute Gasteiger partial charge is 0.343 e. The van der Waals surface area contributed by atoms with Gasteiger partial charge in [0.05, 0.1) is 17.6 Å². The molecule has 1 aliphatic rings. The fourth-order valence-corrected chi connectivity index (χ4v) is 3.91. The second-order valence-electron chi connectivity index (χ2n) is 5.55. The highest BCUT2D eigenvalue weighted by atomic mass is 79.9. The van der Waals surface area contributed by atoms with Crippen molar-refractivity contribution in [1.29, 1.82) is 0 Å². The molecule has 2 aromatic rings. The first-order valence-electron chi connectivity index (χ1n) is 7.76. The highest BCUT2D eigenvalue weighted by Gasteiger charge is 2.28. The van der Waals surface area contributed by atoms with E-state index in [1.54, 1.807) is 49.5 Å². The average molecular weight is 464 g/mol. The van der Waals surface area contributed by atoms with Gasteiger partial charge in [-0.1, -0.05) is 52.0 Å². The molecule has 0 bridgehead atoms. The number of nitrogens with zero attached hydrogens (tertiary/aromatic N) is 1. The summed E-state index contributed by atoms with van der Waals surface area (Å²) in [6, 6.07) is 12.0. The molecule has 1 amide bonds. The number of carbonyl (C=O) groups excluding carboxylic acids is 2. The van der Waals surface area contributed by atoms with Crippen LogP contribution < -0.4 is 9.47 Å². The Hall–Kier alpha value is -2.16. The van der Waals surface area contributed by atoms with Crippen LogP contribution in [0.3, 0.4) is 0 Å². The number of benzene rings is 2. The Bertz CT molecular complexity index is 974. The van der Waals surface area contributed by atoms with Gasteiger partial charge in [-0.25, -0.2) is 4.79 Å². The zero-order valence-electron chi connectivity index (χ0n) is 14.4. The number of carbonyl (C=O) groups is 2. The lowest BCUT2D eigenvalue weighted by atomic mass is 10.1. The molecule has 27 heavy (non-hydrogen) atoms. The van der Waals surface area contributed by atoms with Crippen LogP contribution in [0.5, 0.6) is 11.5 Å². The van der Waals surface area contributed by atoms with Crippen LogP contribution in [0.15, 0.2) is 51.8 Å². The van der Waals surface area contributed by atoms with Crippen molar-refractivity contribution in [2.45, 2.75) is 0 Å². The minimum absolute atomic E-state index is 0.144. The second kappa shape index (κ2) is 8.24. The van der Waals surface area contributed by atoms with E-state index in [-0.39, 0.29) is 5.91 Å². The summed E-state index contributed by atoms with van der Waals surface area (Å²) in [6.45, 7) is 0. The SMILES string of the molecule is COc1cc(/C=C2\SC(=S)N(C)C2=O)ccc1OC(=O)c1cccc(Br)c1. The van der Waals surface area contributed by atoms with Gasteiger partial charge < -0.3 is 9.47 Å². The van der Waals surface area contributed by atoms with Gasteiger partial charge in [0.25, 0.3) is 5.91 Å². The lowest BCUT2D eigenvalue weighted by Crippen LogP contribution is -2.22. The van der Waals surface area contributed by atoms with E-state index in [2.05, 4.69) is 15.9 Å². The molecule has 0 atom stereocenters. The van der Waals surface area contributed by atoms with E-state index in [0.29, 0.717) is 26.3 Å². The van der Waals surface area contributed by atoms with Crippen molar-refractivity contribution in [3.63, 3.8) is 0 Å². The van der Waals surface area contributed by atoms with E-state index in [9.17, 15) is 9.59 Å². The van der Waals surface area contributed by atoms with Crippen LogP contribution >= 0.6 is 39.9 Å². The number of halogens is 1. The first-order valence-corrected chi connectivity index (χ1v) is 9.78. The predicted octanol–water partition coefficient (Wildman–Crippen LogP) is 4.51. The van der Waals surface area contributed by atoms with Crippen LogP contribution in [0.25, 0.3) is 6.08 Å². The monoisotopic (exact) mass is 463 g/mol. The van der Waals surface area contributed by atoms with Crippen LogP contribution in [0.2, 0.25) is 0 Å². The fraction of sp³-hybridized carbons (Fsp3) is 0.105. The molecule has 0 radical (unpaired) electrons. The highest BCUT2D eigenvalue weighted by molar-refractivity contribution is 9.10. The van der Waals surface area contributed by atoms with Crippen LogP contribution in [0.4, 0.5) is 0 Å². The quantitative estimate of drug-likeness (QED) is 0.287. The van der Waals surface area contributed by atoms with Crippen LogP contribution in [0, 0.1) is 0 Å². The molecule has 8 heteroatoms. The zero-order chi connectivity index (χ0) is 19.6. The Balaban J connectivity index is 1.84. The molecule has 0 N–H and O–H groups in total. The first kappa shape index (κ1) is 19.6. The molecule has 1 heterocycles. The van der Waals surface area contributed by atoms with Gasteiger partial charge in [0.1, 0.15) is 4.32 Å². The molecule has 0 unspecified atom stereocenters. The van der Waals surface area contributed by atoms with E-state index in [1.165, 1.54) is 23.8 Å². The van der Waals surface area contributed by atoms with Gasteiger partial charge in [-0.15, -0.1) is 0 Å². The lowest BCUT2D eigenvalue weighted by Gasteiger charge is -2.10. The topological polar surface area (TPSA) is 55.8 Å². The summed E-state index contributed by atoms with van der Waals surface area (Å²) in [5, 5.41) is 0. The molecule has 0 aliphatic carbocycles. The summed E-state index contributed by atoms with van der Waals surface area (Å²) in [5.41, 5.74) is 1.16. The molecule has 0 saturated carbocycles. The number of thiocarbonyl (C=S) groups is 1. The minimum atomic E-state index is -0.491. The summed E-state index contributed by atoms with van der Waals surface area (Å²) in [5.74, 6) is 0.0464. The Morgan fingerprint density at radius 1 is 1.22 bits per heavy atom. The molecule has 0 spiro atoms. The Morgan fingerprint density at radius 2 is 2.00 bits per heavy atom. The molecule has 1 saturated heterocycles. The maximum Gasteiger partial charge on any atom is 0.343 e. The third-order valence-corrected chi connectivity index (χ3v) is 5.71. The normalized spacial score (nSPS) is 15.4. The summed E-state index contributed by atoms with van der Waals surface area (Å²) in [7, 11) is 3.13. The van der Waals surface area contributed by atoms with E-state index < -0.39 is 5.97 Å². The van der Waals surface area contributed by atoms with Crippen LogP contribution in [-0.2, 0) is 4.79 Å². The van der Waals surface area contributed by atoms with Gasteiger partial charge in [0.15, 0.2) is 11.5 Å². The minimum Gasteiger partial charge on any atom is -0.493 e. The molecule has 138 valence electrons. The standard InChI is InChI=1S/C19H14BrNO4S2/c1-21-17(22)16(27-19(21)26)9-11-6-7-14(15(8-11)24-2)25-18(23)12-4-3-5-13(20)10-12/h3-10H,1-2H3/b16-9-. The molecule has 5 nitrogen and oxygen atoms in total. The maximum absolute atomic E-state index is 12.3. The molecule has 2 aromatic carbocycles. The maximum atomic E-state index is 12.3. The number of hydrogen-bond donors (Lipinski definition) is 0. The first-order chi connectivity index (χ1) is 12.9. The van der Waals surface area contributed by atoms with Crippen molar-refractivity contribution in [2.75, 3.05) is 14.2 Å². The largest absolute Gasteiger partial charge is 0.493 e. The number of methoxy groups -OCH3 is 1. The number of thioether (sulfide) groups is 1. The average Bonchev–Trinajstić information content (AvgIpc) is 2.89. The van der Waals surface area contributed by atoms with E-state index in [4.69, 9.17) is 21.7 Å². The molecular formula is C19H14BrNO4S2. The number of amides is 1. The van der Waals surface area contributed by atoms with Crippen LogP contribution in [0.1, 0.15) is 15.9 Å². The Kier molecular flexibility index (Phi) is 5.98. The van der Waals surface area contributed by atoms with Crippen LogP contribution in [-0.4, -0.2) is 35.3 Å². The van der Waals surface area contributed by atoms with E-state index in [1.807, 2.05) is 6.07 Å². The van der Waals surface area contributed by atoms with Crippen molar-refractivity contribution < 1.29 is 19.1 Å². The molecular weight excluding hydrogens is 450 g/mol. The Labute approximate surface area is 174 Å². The molecule has 1 fully saturated rings. The summed E-state index contributed by atoms with van der Waals surface area (Å²) in [6.07, 6.45) is 1.73. The van der Waals surface area contributed by atoms with Gasteiger partial charge >= 0.3 is 5.97 Å². The number of likely N-dealkylation sites (N-methyl/N-ethyl adjacent to an activating group) is 1. The summed E-state index contributed by atoms with van der Waals surface area (Å²) >= 11 is 9.70. The number of rotatable bonds is 4. The Morgan fingerprint density at radius 3 is 2.63 bits per heavy atom. The molecule has 0 aromatic heterocycles. The van der Waals surface area contributed by atoms with Gasteiger partial charge in [-0.3, -0.25) is 9.69 Å². The van der Waals surface area contributed by atoms with Gasteiger partial charge in [0, 0.05) is 11.5 Å². The fourth-order valence-electron chi connectivity index (χ4n) is 2.33. The predicted molar refractivity (Wildman–Crippen MR) is 113 cm³/mol. The zero-order valence-corrected chi connectivity index (χ0v) is 17.6. The van der Waals surface area contributed by atoms with E-state index >= 15 is 0 Å². The number of ether oxygens (including phenoxy) is 2. The third-order valence-electron chi connectivity index (χ3n) is 3.73. The summed E-state index contributed by atoms with van der Waals surface area (Å²) < 4.78 is 12.1. The summed E-state index contributed by atoms with van der Waals surface area (Å²) in [4.78, 5) is 26.4. The van der Waals surface area contributed by atoms with Crippen molar-refractivity contribution in [3.8, 4) is 11.5 Å².